The first-order chi connectivity index (χ1) is 10.3. The van der Waals surface area contributed by atoms with Crippen molar-refractivity contribution in [3.05, 3.63) is 70.8 Å². The van der Waals surface area contributed by atoms with Gasteiger partial charge in [-0.2, -0.15) is 0 Å². The van der Waals surface area contributed by atoms with Gasteiger partial charge < -0.3 is 5.32 Å². The first-order valence-corrected chi connectivity index (χ1v) is 7.85. The lowest BCUT2D eigenvalue weighted by Crippen LogP contribution is -2.31. The third-order valence-electron chi connectivity index (χ3n) is 4.02. The van der Waals surface area contributed by atoms with Crippen molar-refractivity contribution in [3.8, 4) is 0 Å². The maximum atomic E-state index is 12.4. The predicted octanol–water partition coefficient (Wildman–Crippen LogP) is 4.23. The average molecular weight is 300 g/mol. The lowest BCUT2D eigenvalue weighted by atomic mass is 9.87. The second-order valence-corrected chi connectivity index (χ2v) is 5.72. The van der Waals surface area contributed by atoms with E-state index in [9.17, 15) is 4.79 Å². The van der Waals surface area contributed by atoms with Crippen molar-refractivity contribution < 1.29 is 4.79 Å². The molecule has 108 valence electrons. The fourth-order valence-electron chi connectivity index (χ4n) is 2.94. The van der Waals surface area contributed by atoms with Crippen LogP contribution in [0.5, 0.6) is 0 Å². The van der Waals surface area contributed by atoms with Gasteiger partial charge in [0.2, 0.25) is 0 Å². The monoisotopic (exact) mass is 299 g/mol. The molecule has 2 aromatic carbocycles. The molecule has 0 aliphatic heterocycles. The van der Waals surface area contributed by atoms with Gasteiger partial charge in [-0.05, 0) is 48.1 Å². The molecule has 0 radical (unpaired) electrons. The number of carbonyl (C=O) groups is 1. The summed E-state index contributed by atoms with van der Waals surface area (Å²) in [4.78, 5) is 12.4. The fraction of sp³-hybridized carbons (Fsp3) is 0.278. The number of hydrogen-bond donors (Lipinski definition) is 1. The zero-order chi connectivity index (χ0) is 14.7. The minimum Gasteiger partial charge on any atom is -0.345 e. The quantitative estimate of drug-likeness (QED) is 0.844. The van der Waals surface area contributed by atoms with E-state index >= 15 is 0 Å². The lowest BCUT2D eigenvalue weighted by molar-refractivity contribution is 0.0932. The van der Waals surface area contributed by atoms with Gasteiger partial charge in [-0.1, -0.05) is 36.4 Å². The number of rotatable bonds is 3. The van der Waals surface area contributed by atoms with Crippen molar-refractivity contribution in [1.29, 1.82) is 0 Å². The summed E-state index contributed by atoms with van der Waals surface area (Å²) >= 11 is 5.83. The Hall–Kier alpha value is -1.80. The van der Waals surface area contributed by atoms with E-state index in [0.29, 0.717) is 11.4 Å². The van der Waals surface area contributed by atoms with Crippen LogP contribution in [0.3, 0.4) is 0 Å². The Labute approximate surface area is 130 Å². The van der Waals surface area contributed by atoms with Crippen molar-refractivity contribution in [2.24, 2.45) is 0 Å². The number of alkyl halides is 1. The molecule has 0 aromatic heterocycles. The summed E-state index contributed by atoms with van der Waals surface area (Å²) in [6.07, 6.45) is 3.21. The summed E-state index contributed by atoms with van der Waals surface area (Å²) in [6, 6.07) is 16.0. The number of halogens is 1. The molecular weight excluding hydrogens is 282 g/mol. The Morgan fingerprint density at radius 3 is 2.90 bits per heavy atom. The smallest absolute Gasteiger partial charge is 0.251 e. The number of nitrogens with one attached hydrogen (secondary N) is 1. The number of fused-ring (bicyclic) bond motifs is 1. The molecular formula is C18H18ClNO. The average Bonchev–Trinajstić information content (AvgIpc) is 2.55. The highest BCUT2D eigenvalue weighted by atomic mass is 35.5. The van der Waals surface area contributed by atoms with Gasteiger partial charge in [0.1, 0.15) is 0 Å². The van der Waals surface area contributed by atoms with E-state index in [0.717, 1.165) is 24.8 Å². The van der Waals surface area contributed by atoms with Crippen LogP contribution in [-0.2, 0) is 12.3 Å². The van der Waals surface area contributed by atoms with Crippen LogP contribution in [0.4, 0.5) is 0 Å². The number of aryl methyl sites for hydroxylation is 1. The highest BCUT2D eigenvalue weighted by molar-refractivity contribution is 6.17. The van der Waals surface area contributed by atoms with E-state index in [1.165, 1.54) is 11.1 Å². The molecule has 0 saturated carbocycles. The number of amides is 1. The van der Waals surface area contributed by atoms with Crippen LogP contribution in [0.25, 0.3) is 0 Å². The van der Waals surface area contributed by atoms with Crippen LogP contribution >= 0.6 is 11.6 Å². The summed E-state index contributed by atoms with van der Waals surface area (Å²) in [5.41, 5.74) is 4.25. The zero-order valence-corrected chi connectivity index (χ0v) is 12.6. The van der Waals surface area contributed by atoms with E-state index in [1.54, 1.807) is 0 Å². The van der Waals surface area contributed by atoms with Crippen LogP contribution < -0.4 is 5.32 Å². The van der Waals surface area contributed by atoms with Gasteiger partial charge in [0.15, 0.2) is 0 Å². The van der Waals surface area contributed by atoms with Gasteiger partial charge in [0, 0.05) is 11.4 Å². The molecule has 0 spiro atoms. The Balaban J connectivity index is 1.79. The van der Waals surface area contributed by atoms with Crippen LogP contribution in [0, 0.1) is 0 Å². The predicted molar refractivity (Wildman–Crippen MR) is 85.6 cm³/mol. The van der Waals surface area contributed by atoms with Gasteiger partial charge >= 0.3 is 0 Å². The molecule has 0 fully saturated rings. The third kappa shape index (κ3) is 3.11. The second kappa shape index (κ2) is 6.31. The molecule has 1 amide bonds. The number of benzene rings is 2. The largest absolute Gasteiger partial charge is 0.345 e. The maximum Gasteiger partial charge on any atom is 0.251 e. The molecule has 0 bridgehead atoms. The topological polar surface area (TPSA) is 29.1 Å². The van der Waals surface area contributed by atoms with E-state index in [2.05, 4.69) is 23.5 Å². The third-order valence-corrected chi connectivity index (χ3v) is 4.33. The molecule has 1 unspecified atom stereocenters. The molecule has 1 aliphatic carbocycles. The van der Waals surface area contributed by atoms with E-state index in [-0.39, 0.29) is 11.9 Å². The van der Waals surface area contributed by atoms with Gasteiger partial charge in [-0.3, -0.25) is 4.79 Å². The molecule has 1 N–H and O–H groups in total. The highest BCUT2D eigenvalue weighted by Gasteiger charge is 2.21. The van der Waals surface area contributed by atoms with Gasteiger partial charge in [-0.15, -0.1) is 11.6 Å². The van der Waals surface area contributed by atoms with Crippen LogP contribution in [0.15, 0.2) is 48.5 Å². The minimum absolute atomic E-state index is 0.0244. The second-order valence-electron chi connectivity index (χ2n) is 5.45. The Kier molecular flexibility index (Phi) is 4.26. The lowest BCUT2D eigenvalue weighted by Gasteiger charge is -2.26. The molecule has 3 heteroatoms. The number of carbonyl (C=O) groups excluding carboxylic acids is 1. The molecule has 1 atom stereocenters. The van der Waals surface area contributed by atoms with Gasteiger partial charge in [-0.25, -0.2) is 0 Å². The van der Waals surface area contributed by atoms with E-state index in [1.807, 2.05) is 30.3 Å². The maximum absolute atomic E-state index is 12.4. The Morgan fingerprint density at radius 2 is 2.05 bits per heavy atom. The van der Waals surface area contributed by atoms with Crippen molar-refractivity contribution in [3.63, 3.8) is 0 Å². The molecule has 0 heterocycles. The SMILES string of the molecule is O=C(NC1CCCc2ccccc21)c1cccc(CCl)c1. The molecule has 21 heavy (non-hydrogen) atoms. The van der Waals surface area contributed by atoms with Crippen molar-refractivity contribution in [1.82, 2.24) is 5.32 Å². The van der Waals surface area contributed by atoms with E-state index < -0.39 is 0 Å². The summed E-state index contributed by atoms with van der Waals surface area (Å²) in [6.45, 7) is 0. The van der Waals surface area contributed by atoms with Crippen molar-refractivity contribution in [2.75, 3.05) is 0 Å². The molecule has 2 nitrogen and oxygen atoms in total. The Bertz CT molecular complexity index is 653. The normalized spacial score (nSPS) is 17.1. The summed E-state index contributed by atoms with van der Waals surface area (Å²) < 4.78 is 0. The standard InChI is InChI=1S/C18H18ClNO/c19-12-13-5-3-8-15(11-13)18(21)20-17-10-4-7-14-6-1-2-9-16(14)17/h1-3,5-6,8-9,11,17H,4,7,10,12H2,(H,20,21). The van der Waals surface area contributed by atoms with Crippen LogP contribution in [0.1, 0.15) is 45.9 Å². The van der Waals surface area contributed by atoms with E-state index in [4.69, 9.17) is 11.6 Å². The number of hydrogen-bond acceptors (Lipinski definition) is 1. The van der Waals surface area contributed by atoms with Crippen molar-refractivity contribution in [2.45, 2.75) is 31.2 Å². The molecule has 2 aromatic rings. The van der Waals surface area contributed by atoms with Crippen LogP contribution in [0.2, 0.25) is 0 Å². The molecule has 1 aliphatic rings. The zero-order valence-electron chi connectivity index (χ0n) is 11.8. The summed E-state index contributed by atoms with van der Waals surface area (Å²) in [5, 5.41) is 3.16. The highest BCUT2D eigenvalue weighted by Crippen LogP contribution is 2.29. The van der Waals surface area contributed by atoms with Crippen LogP contribution in [-0.4, -0.2) is 5.91 Å². The Morgan fingerprint density at radius 1 is 1.19 bits per heavy atom. The minimum atomic E-state index is -0.0244. The fourth-order valence-corrected chi connectivity index (χ4v) is 3.11. The molecule has 3 rings (SSSR count). The first kappa shape index (κ1) is 14.2. The summed E-state index contributed by atoms with van der Waals surface area (Å²) in [5.74, 6) is 0.400. The first-order valence-electron chi connectivity index (χ1n) is 7.31. The molecule has 0 saturated heterocycles. The van der Waals surface area contributed by atoms with Crippen molar-refractivity contribution >= 4 is 17.5 Å². The van der Waals surface area contributed by atoms with Gasteiger partial charge in [0.05, 0.1) is 6.04 Å². The van der Waals surface area contributed by atoms with Gasteiger partial charge in [0.25, 0.3) is 5.91 Å². The summed E-state index contributed by atoms with van der Waals surface area (Å²) in [7, 11) is 0.